The minimum absolute atomic E-state index is 0.0472. The van der Waals surface area contributed by atoms with Gasteiger partial charge in [0.25, 0.3) is 0 Å². The normalized spacial score (nSPS) is 32.9. The van der Waals surface area contributed by atoms with Gasteiger partial charge in [0, 0.05) is 6.61 Å². The zero-order valence-electron chi connectivity index (χ0n) is 13.1. The van der Waals surface area contributed by atoms with E-state index in [4.69, 9.17) is 4.74 Å². The summed E-state index contributed by atoms with van der Waals surface area (Å²) >= 11 is 0. The van der Waals surface area contributed by atoms with Crippen LogP contribution in [-0.4, -0.2) is 35.6 Å². The van der Waals surface area contributed by atoms with E-state index < -0.39 is 5.54 Å². The second kappa shape index (κ2) is 5.43. The summed E-state index contributed by atoms with van der Waals surface area (Å²) in [5.41, 5.74) is 1.90. The first-order chi connectivity index (χ1) is 10.0. The van der Waals surface area contributed by atoms with Gasteiger partial charge < -0.3 is 9.64 Å². The Kier molecular flexibility index (Phi) is 3.76. The molecule has 2 fully saturated rings. The van der Waals surface area contributed by atoms with Crippen molar-refractivity contribution < 1.29 is 9.53 Å². The van der Waals surface area contributed by atoms with E-state index in [0.29, 0.717) is 6.61 Å². The monoisotopic (exact) mass is 288 g/mol. The first-order valence-electron chi connectivity index (χ1n) is 7.80. The quantitative estimate of drug-likeness (QED) is 0.928. The van der Waals surface area contributed by atoms with Gasteiger partial charge in [-0.25, -0.2) is 0 Å². The van der Waals surface area contributed by atoms with Crippen molar-refractivity contribution in [1.29, 1.82) is 0 Å². The molecular formula is C17H24N2O2. The van der Waals surface area contributed by atoms with E-state index in [1.165, 1.54) is 5.56 Å². The number of benzene rings is 1. The Morgan fingerprint density at radius 1 is 1.48 bits per heavy atom. The van der Waals surface area contributed by atoms with Crippen LogP contribution in [0, 0.1) is 6.92 Å². The molecule has 3 rings (SSSR count). The Hall–Kier alpha value is -1.39. The predicted molar refractivity (Wildman–Crippen MR) is 81.8 cm³/mol. The molecule has 0 aliphatic carbocycles. The van der Waals surface area contributed by atoms with Gasteiger partial charge in [0.1, 0.15) is 6.17 Å². The summed E-state index contributed by atoms with van der Waals surface area (Å²) in [6.07, 6.45) is 1.67. The van der Waals surface area contributed by atoms with Gasteiger partial charge in [0.2, 0.25) is 5.91 Å². The second-order valence-corrected chi connectivity index (χ2v) is 6.38. The number of carbonyl (C=O) groups is 1. The topological polar surface area (TPSA) is 41.6 Å². The van der Waals surface area contributed by atoms with Crippen molar-refractivity contribution in [2.45, 2.75) is 51.4 Å². The molecule has 4 heteroatoms. The Morgan fingerprint density at radius 3 is 2.90 bits per heavy atom. The van der Waals surface area contributed by atoms with E-state index in [-0.39, 0.29) is 18.1 Å². The minimum Gasteiger partial charge on any atom is -0.379 e. The molecule has 0 bridgehead atoms. The van der Waals surface area contributed by atoms with Crippen molar-refractivity contribution in [3.63, 3.8) is 0 Å². The average molecular weight is 288 g/mol. The molecule has 0 spiro atoms. The van der Waals surface area contributed by atoms with Gasteiger partial charge in [-0.05, 0) is 32.3 Å². The maximum absolute atomic E-state index is 12.9. The fourth-order valence-electron chi connectivity index (χ4n) is 3.29. The van der Waals surface area contributed by atoms with Crippen LogP contribution in [0.5, 0.6) is 0 Å². The standard InChI is InChI=1S/C17H24N2O2/c1-4-17(3)16(20)19(14-8-9-21-11-14)15(18-17)13-7-5-6-12(2)10-13/h5-7,10,14-15,18H,4,8-9,11H2,1-3H3. The largest absolute Gasteiger partial charge is 0.379 e. The highest BCUT2D eigenvalue weighted by molar-refractivity contribution is 5.89. The molecule has 21 heavy (non-hydrogen) atoms. The third-order valence-corrected chi connectivity index (χ3v) is 4.80. The van der Waals surface area contributed by atoms with Crippen LogP contribution >= 0.6 is 0 Å². The number of aryl methyl sites for hydroxylation is 1. The molecule has 2 aliphatic rings. The summed E-state index contributed by atoms with van der Waals surface area (Å²) in [4.78, 5) is 14.9. The van der Waals surface area contributed by atoms with E-state index in [9.17, 15) is 4.79 Å². The molecule has 2 heterocycles. The minimum atomic E-state index is -0.475. The van der Waals surface area contributed by atoms with Gasteiger partial charge in [0.05, 0.1) is 18.2 Å². The number of nitrogens with one attached hydrogen (secondary N) is 1. The Bertz CT molecular complexity index is 539. The molecule has 1 amide bonds. The van der Waals surface area contributed by atoms with Crippen LogP contribution in [0.25, 0.3) is 0 Å². The Balaban J connectivity index is 1.97. The highest BCUT2D eigenvalue weighted by Gasteiger charge is 2.50. The number of amides is 1. The van der Waals surface area contributed by atoms with Crippen molar-refractivity contribution in [3.05, 3.63) is 35.4 Å². The summed E-state index contributed by atoms with van der Waals surface area (Å²) in [6, 6.07) is 8.59. The van der Waals surface area contributed by atoms with Crippen molar-refractivity contribution in [1.82, 2.24) is 10.2 Å². The van der Waals surface area contributed by atoms with Crippen molar-refractivity contribution in [2.75, 3.05) is 13.2 Å². The molecule has 0 radical (unpaired) electrons. The van der Waals surface area contributed by atoms with Crippen LogP contribution in [0.3, 0.4) is 0 Å². The lowest BCUT2D eigenvalue weighted by molar-refractivity contribution is -0.135. The molecule has 114 valence electrons. The molecule has 0 aromatic heterocycles. The van der Waals surface area contributed by atoms with E-state index in [1.807, 2.05) is 11.8 Å². The summed E-state index contributed by atoms with van der Waals surface area (Å²) in [5.74, 6) is 0.201. The van der Waals surface area contributed by atoms with E-state index in [0.717, 1.165) is 25.0 Å². The fourth-order valence-corrected chi connectivity index (χ4v) is 3.29. The number of nitrogens with zero attached hydrogens (tertiary/aromatic N) is 1. The molecule has 2 aliphatic heterocycles. The fraction of sp³-hybridized carbons (Fsp3) is 0.588. The summed E-state index contributed by atoms with van der Waals surface area (Å²) < 4.78 is 5.51. The summed E-state index contributed by atoms with van der Waals surface area (Å²) in [6.45, 7) is 7.55. The first-order valence-corrected chi connectivity index (χ1v) is 7.80. The number of rotatable bonds is 3. The van der Waals surface area contributed by atoms with Crippen molar-refractivity contribution in [2.24, 2.45) is 0 Å². The van der Waals surface area contributed by atoms with Crippen molar-refractivity contribution in [3.8, 4) is 0 Å². The van der Waals surface area contributed by atoms with E-state index >= 15 is 0 Å². The number of hydrogen-bond acceptors (Lipinski definition) is 3. The van der Waals surface area contributed by atoms with E-state index in [2.05, 4.69) is 43.4 Å². The molecule has 1 N–H and O–H groups in total. The highest BCUT2D eigenvalue weighted by atomic mass is 16.5. The van der Waals surface area contributed by atoms with Crippen LogP contribution in [0.4, 0.5) is 0 Å². The van der Waals surface area contributed by atoms with Gasteiger partial charge in [-0.2, -0.15) is 0 Å². The zero-order chi connectivity index (χ0) is 15.0. The molecule has 3 unspecified atom stereocenters. The third kappa shape index (κ3) is 2.47. The van der Waals surface area contributed by atoms with Gasteiger partial charge in [-0.15, -0.1) is 0 Å². The van der Waals surface area contributed by atoms with Crippen LogP contribution < -0.4 is 5.32 Å². The van der Waals surface area contributed by atoms with Gasteiger partial charge in [0.15, 0.2) is 0 Å². The van der Waals surface area contributed by atoms with Crippen LogP contribution in [0.1, 0.15) is 44.0 Å². The molecule has 3 atom stereocenters. The molecule has 0 saturated carbocycles. The molecule has 2 saturated heterocycles. The SMILES string of the molecule is CCC1(C)NC(c2cccc(C)c2)N(C2CCOC2)C1=O. The number of ether oxygens (including phenoxy) is 1. The third-order valence-electron chi connectivity index (χ3n) is 4.80. The van der Waals surface area contributed by atoms with Gasteiger partial charge in [-0.3, -0.25) is 10.1 Å². The summed E-state index contributed by atoms with van der Waals surface area (Å²) in [7, 11) is 0. The summed E-state index contributed by atoms with van der Waals surface area (Å²) in [5, 5.41) is 3.56. The van der Waals surface area contributed by atoms with Crippen LogP contribution in [0.2, 0.25) is 0 Å². The maximum atomic E-state index is 12.9. The lowest BCUT2D eigenvalue weighted by atomic mass is 9.99. The Labute approximate surface area is 126 Å². The average Bonchev–Trinajstić information content (AvgIpc) is 3.07. The van der Waals surface area contributed by atoms with Gasteiger partial charge >= 0.3 is 0 Å². The zero-order valence-corrected chi connectivity index (χ0v) is 13.1. The Morgan fingerprint density at radius 2 is 2.29 bits per heavy atom. The number of carbonyl (C=O) groups excluding carboxylic acids is 1. The molecular weight excluding hydrogens is 264 g/mol. The maximum Gasteiger partial charge on any atom is 0.244 e. The molecule has 4 nitrogen and oxygen atoms in total. The molecule has 1 aromatic carbocycles. The lowest BCUT2D eigenvalue weighted by Crippen LogP contribution is -2.45. The molecule has 1 aromatic rings. The van der Waals surface area contributed by atoms with Crippen LogP contribution in [0.15, 0.2) is 24.3 Å². The smallest absolute Gasteiger partial charge is 0.244 e. The van der Waals surface area contributed by atoms with E-state index in [1.54, 1.807) is 0 Å². The lowest BCUT2D eigenvalue weighted by Gasteiger charge is -2.29. The van der Waals surface area contributed by atoms with Crippen LogP contribution in [-0.2, 0) is 9.53 Å². The number of hydrogen-bond donors (Lipinski definition) is 1. The highest BCUT2D eigenvalue weighted by Crippen LogP contribution is 2.36. The first kappa shape index (κ1) is 14.5. The predicted octanol–water partition coefficient (Wildman–Crippen LogP) is 2.38. The second-order valence-electron chi connectivity index (χ2n) is 6.38. The van der Waals surface area contributed by atoms with Gasteiger partial charge in [-0.1, -0.05) is 36.8 Å². The van der Waals surface area contributed by atoms with Crippen molar-refractivity contribution >= 4 is 5.91 Å².